The summed E-state index contributed by atoms with van der Waals surface area (Å²) < 4.78 is 5.38. The van der Waals surface area contributed by atoms with Crippen molar-refractivity contribution >= 4 is 6.09 Å². The highest BCUT2D eigenvalue weighted by Gasteiger charge is 2.28. The van der Waals surface area contributed by atoms with Gasteiger partial charge in [-0.05, 0) is 72.3 Å². The fourth-order valence-corrected chi connectivity index (χ4v) is 4.05. The van der Waals surface area contributed by atoms with E-state index in [4.69, 9.17) is 4.74 Å². The largest absolute Gasteiger partial charge is 0.444 e. The smallest absolute Gasteiger partial charge is 0.407 e. The molecule has 0 aromatic carbocycles. The van der Waals surface area contributed by atoms with Crippen LogP contribution in [-0.2, 0) is 4.74 Å². The summed E-state index contributed by atoms with van der Waals surface area (Å²) in [6.45, 7) is 9.78. The summed E-state index contributed by atoms with van der Waals surface area (Å²) in [5.41, 5.74) is -0.443. The molecule has 2 rings (SSSR count). The van der Waals surface area contributed by atoms with Gasteiger partial charge in [0.25, 0.3) is 0 Å². The SMILES string of the molecule is CC(CC1CCCN1)NC(CNC(=O)OC(C)(C)C)C1CCCC1. The van der Waals surface area contributed by atoms with Gasteiger partial charge < -0.3 is 20.7 Å². The van der Waals surface area contributed by atoms with E-state index >= 15 is 0 Å². The summed E-state index contributed by atoms with van der Waals surface area (Å²) in [4.78, 5) is 12.0. The average Bonchev–Trinajstić information content (AvgIpc) is 3.14. The molecule has 1 aliphatic heterocycles. The molecule has 0 radical (unpaired) electrons. The third kappa shape index (κ3) is 6.98. The van der Waals surface area contributed by atoms with Crippen molar-refractivity contribution in [1.82, 2.24) is 16.0 Å². The van der Waals surface area contributed by atoms with Gasteiger partial charge in [-0.25, -0.2) is 4.79 Å². The lowest BCUT2D eigenvalue weighted by atomic mass is 9.96. The van der Waals surface area contributed by atoms with Crippen LogP contribution in [0.3, 0.4) is 0 Å². The molecule has 0 aromatic rings. The molecule has 5 nitrogen and oxygen atoms in total. The van der Waals surface area contributed by atoms with Crippen LogP contribution in [0, 0.1) is 5.92 Å². The first-order valence-corrected chi connectivity index (χ1v) is 9.80. The molecule has 2 aliphatic rings. The van der Waals surface area contributed by atoms with Crippen LogP contribution in [0.4, 0.5) is 4.79 Å². The number of rotatable bonds is 7. The molecule has 1 aliphatic carbocycles. The van der Waals surface area contributed by atoms with E-state index in [-0.39, 0.29) is 6.09 Å². The molecule has 0 bridgehead atoms. The molecule has 3 N–H and O–H groups in total. The number of carbonyl (C=O) groups is 1. The highest BCUT2D eigenvalue weighted by molar-refractivity contribution is 5.67. The minimum absolute atomic E-state index is 0.308. The predicted octanol–water partition coefficient (Wildman–Crippen LogP) is 3.19. The van der Waals surface area contributed by atoms with Gasteiger partial charge >= 0.3 is 6.09 Å². The minimum atomic E-state index is -0.443. The van der Waals surface area contributed by atoms with Crippen LogP contribution >= 0.6 is 0 Å². The molecule has 1 saturated heterocycles. The number of ether oxygens (including phenoxy) is 1. The Morgan fingerprint density at radius 2 is 1.92 bits per heavy atom. The zero-order chi connectivity index (χ0) is 17.6. The van der Waals surface area contributed by atoms with Crippen LogP contribution in [0.1, 0.15) is 72.6 Å². The summed E-state index contributed by atoms with van der Waals surface area (Å²) in [5, 5.41) is 10.3. The van der Waals surface area contributed by atoms with E-state index in [9.17, 15) is 4.79 Å². The fraction of sp³-hybridized carbons (Fsp3) is 0.947. The van der Waals surface area contributed by atoms with Gasteiger partial charge in [0.2, 0.25) is 0 Å². The lowest BCUT2D eigenvalue weighted by molar-refractivity contribution is 0.0516. The number of hydrogen-bond acceptors (Lipinski definition) is 4. The number of alkyl carbamates (subject to hydrolysis) is 1. The Morgan fingerprint density at radius 1 is 1.21 bits per heavy atom. The molecular weight excluding hydrogens is 302 g/mol. The highest BCUT2D eigenvalue weighted by Crippen LogP contribution is 2.28. The lowest BCUT2D eigenvalue weighted by Gasteiger charge is -2.30. The Balaban J connectivity index is 1.81. The maximum absolute atomic E-state index is 12.0. The highest BCUT2D eigenvalue weighted by atomic mass is 16.6. The first-order chi connectivity index (χ1) is 11.3. The molecular formula is C19H37N3O2. The van der Waals surface area contributed by atoms with E-state index in [1.54, 1.807) is 0 Å². The molecule has 1 saturated carbocycles. The van der Waals surface area contributed by atoms with Crippen LogP contribution in [0.25, 0.3) is 0 Å². The first kappa shape index (κ1) is 19.5. The van der Waals surface area contributed by atoms with E-state index in [2.05, 4.69) is 22.9 Å². The van der Waals surface area contributed by atoms with Gasteiger partial charge in [-0.1, -0.05) is 12.8 Å². The van der Waals surface area contributed by atoms with Crippen molar-refractivity contribution in [2.24, 2.45) is 5.92 Å². The summed E-state index contributed by atoms with van der Waals surface area (Å²) in [6, 6.07) is 1.46. The van der Waals surface area contributed by atoms with Gasteiger partial charge in [0, 0.05) is 24.7 Å². The molecule has 3 unspecified atom stereocenters. The number of carbonyl (C=O) groups excluding carboxylic acids is 1. The van der Waals surface area contributed by atoms with E-state index < -0.39 is 5.60 Å². The van der Waals surface area contributed by atoms with Crippen LogP contribution < -0.4 is 16.0 Å². The van der Waals surface area contributed by atoms with E-state index in [1.165, 1.54) is 38.5 Å². The maximum Gasteiger partial charge on any atom is 0.407 e. The van der Waals surface area contributed by atoms with Gasteiger partial charge in [-0.2, -0.15) is 0 Å². The van der Waals surface area contributed by atoms with Crippen molar-refractivity contribution in [3.05, 3.63) is 0 Å². The molecule has 1 amide bonds. The monoisotopic (exact) mass is 339 g/mol. The third-order valence-corrected chi connectivity index (χ3v) is 5.13. The van der Waals surface area contributed by atoms with Crippen molar-refractivity contribution in [3.63, 3.8) is 0 Å². The van der Waals surface area contributed by atoms with Gasteiger partial charge in [0.15, 0.2) is 0 Å². The molecule has 1 heterocycles. The number of hydrogen-bond donors (Lipinski definition) is 3. The molecule has 2 fully saturated rings. The molecule has 0 spiro atoms. The Morgan fingerprint density at radius 3 is 2.50 bits per heavy atom. The van der Waals surface area contributed by atoms with E-state index in [0.717, 1.165) is 13.0 Å². The second-order valence-corrected chi connectivity index (χ2v) is 8.63. The zero-order valence-electron chi connectivity index (χ0n) is 16.0. The summed E-state index contributed by atoms with van der Waals surface area (Å²) in [5.74, 6) is 0.666. The van der Waals surface area contributed by atoms with Gasteiger partial charge in [0.1, 0.15) is 5.60 Å². The number of amides is 1. The van der Waals surface area contributed by atoms with E-state index in [1.807, 2.05) is 20.8 Å². The Bertz CT molecular complexity index is 383. The first-order valence-electron chi connectivity index (χ1n) is 9.80. The third-order valence-electron chi connectivity index (χ3n) is 5.13. The Kier molecular flexibility index (Phi) is 7.35. The van der Waals surface area contributed by atoms with Crippen molar-refractivity contribution in [2.75, 3.05) is 13.1 Å². The van der Waals surface area contributed by atoms with Crippen molar-refractivity contribution in [2.45, 2.75) is 96.4 Å². The van der Waals surface area contributed by atoms with Gasteiger partial charge in [0.05, 0.1) is 0 Å². The predicted molar refractivity (Wildman–Crippen MR) is 98.2 cm³/mol. The molecule has 0 aromatic heterocycles. The maximum atomic E-state index is 12.0. The lowest BCUT2D eigenvalue weighted by Crippen LogP contribution is -2.50. The van der Waals surface area contributed by atoms with Gasteiger partial charge in [-0.3, -0.25) is 0 Å². The standard InChI is InChI=1S/C19H37N3O2/c1-14(12-16-10-7-11-20-16)22-17(15-8-5-6-9-15)13-21-18(23)24-19(2,3)4/h14-17,20,22H,5-13H2,1-4H3,(H,21,23). The van der Waals surface area contributed by atoms with Crippen LogP contribution in [0.2, 0.25) is 0 Å². The van der Waals surface area contributed by atoms with E-state index in [0.29, 0.717) is 30.6 Å². The molecule has 3 atom stereocenters. The van der Waals surface area contributed by atoms with Crippen molar-refractivity contribution in [1.29, 1.82) is 0 Å². The van der Waals surface area contributed by atoms with Crippen molar-refractivity contribution in [3.8, 4) is 0 Å². The average molecular weight is 340 g/mol. The molecule has 5 heteroatoms. The summed E-state index contributed by atoms with van der Waals surface area (Å²) in [7, 11) is 0. The number of nitrogens with one attached hydrogen (secondary N) is 3. The Hall–Kier alpha value is -0.810. The van der Waals surface area contributed by atoms with Crippen molar-refractivity contribution < 1.29 is 9.53 Å². The van der Waals surface area contributed by atoms with Crippen LogP contribution in [0.5, 0.6) is 0 Å². The molecule has 140 valence electrons. The normalized spacial score (nSPS) is 24.8. The van der Waals surface area contributed by atoms with Gasteiger partial charge in [-0.15, -0.1) is 0 Å². The quantitative estimate of drug-likeness (QED) is 0.666. The zero-order valence-corrected chi connectivity index (χ0v) is 16.0. The van der Waals surface area contributed by atoms with Crippen LogP contribution in [-0.4, -0.2) is 42.9 Å². The minimum Gasteiger partial charge on any atom is -0.444 e. The Labute approximate surface area is 147 Å². The summed E-state index contributed by atoms with van der Waals surface area (Å²) >= 11 is 0. The second-order valence-electron chi connectivity index (χ2n) is 8.63. The van der Waals surface area contributed by atoms with Crippen LogP contribution in [0.15, 0.2) is 0 Å². The second kappa shape index (κ2) is 9.04. The topological polar surface area (TPSA) is 62.4 Å². The fourth-order valence-electron chi connectivity index (χ4n) is 4.05. The summed E-state index contributed by atoms with van der Waals surface area (Å²) in [6.07, 6.45) is 8.60. The molecule has 24 heavy (non-hydrogen) atoms.